The summed E-state index contributed by atoms with van der Waals surface area (Å²) in [5.74, 6) is 0. The molecule has 0 unspecified atom stereocenters. The zero-order valence-corrected chi connectivity index (χ0v) is 26.2. The maximum Gasteiger partial charge on any atom is 0.0215 e. The first-order valence-electron chi connectivity index (χ1n) is 15.7. The van der Waals surface area contributed by atoms with E-state index in [4.69, 9.17) is 0 Å². The van der Waals surface area contributed by atoms with Crippen LogP contribution in [0.3, 0.4) is 0 Å². The topological polar surface area (TPSA) is 0 Å². The van der Waals surface area contributed by atoms with Crippen LogP contribution in [-0.2, 0) is 10.8 Å². The fourth-order valence-electron chi connectivity index (χ4n) is 7.97. The predicted octanol–water partition coefficient (Wildman–Crippen LogP) is 11.6. The summed E-state index contributed by atoms with van der Waals surface area (Å²) < 4.78 is 0. The molecule has 0 radical (unpaired) electrons. The second kappa shape index (κ2) is 11.0. The maximum atomic E-state index is 2.44. The molecule has 0 aliphatic heterocycles. The van der Waals surface area contributed by atoms with Gasteiger partial charge >= 0.3 is 0 Å². The Labute approximate surface area is 243 Å². The molecule has 0 bridgehead atoms. The van der Waals surface area contributed by atoms with Crippen LogP contribution in [0.4, 0.5) is 0 Å². The van der Waals surface area contributed by atoms with Gasteiger partial charge in [0.25, 0.3) is 0 Å². The fourth-order valence-corrected chi connectivity index (χ4v) is 7.97. The molecule has 6 rings (SSSR count). The van der Waals surface area contributed by atoms with E-state index in [-0.39, 0.29) is 10.8 Å². The van der Waals surface area contributed by atoms with Crippen LogP contribution < -0.4 is 0 Å². The Morgan fingerprint density at radius 3 is 0.925 bits per heavy atom. The van der Waals surface area contributed by atoms with Gasteiger partial charge in [-0.15, -0.1) is 0 Å². The number of fused-ring (bicyclic) bond motifs is 6. The highest BCUT2D eigenvalue weighted by molar-refractivity contribution is 5.82. The minimum atomic E-state index is 0.225. The molecule has 0 N–H and O–H groups in total. The van der Waals surface area contributed by atoms with Crippen molar-refractivity contribution in [3.05, 3.63) is 117 Å². The standard InChI is InChI=1S/C21H26.C19H22/c1-5-11-21(12-6-2)19-13-15(3)7-9-17(19)18-10-8-16(4)14-20(18)21;1-5-19(6-2)17-11-13(3)7-9-15(17)16-10-8-14(4)12-18(16)19/h7-10,13-14H,5-6,11-12H2,1-4H3;7-12H,5-6H2,1-4H3. The Morgan fingerprint density at radius 1 is 0.400 bits per heavy atom. The SMILES string of the molecule is CCC1(CC)c2cc(C)ccc2-c2ccc(C)cc21.CCCC1(CCC)c2cc(C)ccc2-c2ccc(C)cc21. The number of aryl methyl sites for hydroxylation is 4. The third-order valence-electron chi connectivity index (χ3n) is 9.90. The second-order valence-corrected chi connectivity index (χ2v) is 12.6. The van der Waals surface area contributed by atoms with Crippen molar-refractivity contribution in [1.29, 1.82) is 0 Å². The molecule has 4 aromatic carbocycles. The van der Waals surface area contributed by atoms with Crippen molar-refractivity contribution < 1.29 is 0 Å². The number of hydrogen-bond acceptors (Lipinski definition) is 0. The van der Waals surface area contributed by atoms with Gasteiger partial charge in [0.1, 0.15) is 0 Å². The lowest BCUT2D eigenvalue weighted by molar-refractivity contribution is 0.435. The number of benzene rings is 4. The third-order valence-corrected chi connectivity index (χ3v) is 9.90. The Balaban J connectivity index is 0.000000162. The van der Waals surface area contributed by atoms with Gasteiger partial charge in [-0.1, -0.05) is 136 Å². The van der Waals surface area contributed by atoms with Gasteiger partial charge in [-0.25, -0.2) is 0 Å². The molecule has 0 aromatic heterocycles. The normalized spacial score (nSPS) is 15.0. The molecule has 0 atom stereocenters. The lowest BCUT2D eigenvalue weighted by Gasteiger charge is -2.32. The Bertz CT molecular complexity index is 1420. The third kappa shape index (κ3) is 4.45. The van der Waals surface area contributed by atoms with E-state index in [1.807, 2.05) is 0 Å². The predicted molar refractivity (Wildman–Crippen MR) is 175 cm³/mol. The van der Waals surface area contributed by atoms with E-state index in [9.17, 15) is 0 Å². The van der Waals surface area contributed by atoms with Crippen molar-refractivity contribution in [2.24, 2.45) is 0 Å². The van der Waals surface area contributed by atoms with Crippen molar-refractivity contribution in [1.82, 2.24) is 0 Å². The summed E-state index contributed by atoms with van der Waals surface area (Å²) in [6.07, 6.45) is 7.34. The Morgan fingerprint density at radius 2 is 0.675 bits per heavy atom. The van der Waals surface area contributed by atoms with E-state index in [1.54, 1.807) is 11.1 Å². The Hall–Kier alpha value is -3.12. The minimum absolute atomic E-state index is 0.225. The molecule has 0 nitrogen and oxygen atoms in total. The lowest BCUT2D eigenvalue weighted by Crippen LogP contribution is -2.25. The van der Waals surface area contributed by atoms with E-state index >= 15 is 0 Å². The first-order chi connectivity index (χ1) is 19.2. The summed E-state index contributed by atoms with van der Waals surface area (Å²) in [5.41, 5.74) is 18.0. The summed E-state index contributed by atoms with van der Waals surface area (Å²) in [5, 5.41) is 0. The first kappa shape index (κ1) is 28.4. The molecule has 2 aliphatic rings. The van der Waals surface area contributed by atoms with E-state index < -0.39 is 0 Å². The van der Waals surface area contributed by atoms with Crippen molar-refractivity contribution >= 4 is 0 Å². The van der Waals surface area contributed by atoms with Crippen LogP contribution in [0, 0.1) is 27.7 Å². The zero-order valence-electron chi connectivity index (χ0n) is 26.2. The molecular weight excluding hydrogens is 480 g/mol. The van der Waals surface area contributed by atoms with Crippen molar-refractivity contribution in [3.8, 4) is 22.3 Å². The van der Waals surface area contributed by atoms with Gasteiger partial charge in [0.05, 0.1) is 0 Å². The minimum Gasteiger partial charge on any atom is -0.0653 e. The molecule has 208 valence electrons. The van der Waals surface area contributed by atoms with E-state index in [2.05, 4.69) is 128 Å². The van der Waals surface area contributed by atoms with Gasteiger partial charge in [-0.2, -0.15) is 0 Å². The summed E-state index contributed by atoms with van der Waals surface area (Å²) in [4.78, 5) is 0. The monoisotopic (exact) mass is 528 g/mol. The highest BCUT2D eigenvalue weighted by Gasteiger charge is 2.42. The second-order valence-electron chi connectivity index (χ2n) is 12.6. The lowest BCUT2D eigenvalue weighted by atomic mass is 9.71. The molecule has 2 aliphatic carbocycles. The van der Waals surface area contributed by atoms with E-state index in [0.29, 0.717) is 0 Å². The van der Waals surface area contributed by atoms with Crippen molar-refractivity contribution in [2.75, 3.05) is 0 Å². The summed E-state index contributed by atoms with van der Waals surface area (Å²) in [6, 6.07) is 28.0. The largest absolute Gasteiger partial charge is 0.0653 e. The van der Waals surface area contributed by atoms with Crippen LogP contribution in [0.1, 0.15) is 111 Å². The number of rotatable bonds is 6. The van der Waals surface area contributed by atoms with Gasteiger partial charge in [-0.05, 0) is 97.9 Å². The van der Waals surface area contributed by atoms with Crippen molar-refractivity contribution in [2.45, 2.75) is 105 Å². The zero-order chi connectivity index (χ0) is 28.7. The van der Waals surface area contributed by atoms with Gasteiger partial charge in [0.15, 0.2) is 0 Å². The molecule has 0 heteroatoms. The molecule has 0 fully saturated rings. The molecule has 0 spiro atoms. The van der Waals surface area contributed by atoms with Crippen LogP contribution in [0.2, 0.25) is 0 Å². The molecule has 0 saturated carbocycles. The van der Waals surface area contributed by atoms with Gasteiger partial charge < -0.3 is 0 Å². The average molecular weight is 529 g/mol. The van der Waals surface area contributed by atoms with E-state index in [1.165, 1.54) is 94.2 Å². The summed E-state index contributed by atoms with van der Waals surface area (Å²) >= 11 is 0. The molecule has 40 heavy (non-hydrogen) atoms. The van der Waals surface area contributed by atoms with Crippen LogP contribution in [0.15, 0.2) is 72.8 Å². The average Bonchev–Trinajstić information content (AvgIpc) is 3.35. The highest BCUT2D eigenvalue weighted by atomic mass is 14.4. The van der Waals surface area contributed by atoms with Crippen LogP contribution >= 0.6 is 0 Å². The van der Waals surface area contributed by atoms with Crippen LogP contribution in [-0.4, -0.2) is 0 Å². The maximum absolute atomic E-state index is 2.44. The van der Waals surface area contributed by atoms with Crippen LogP contribution in [0.25, 0.3) is 22.3 Å². The highest BCUT2D eigenvalue weighted by Crippen LogP contribution is 2.55. The van der Waals surface area contributed by atoms with Gasteiger partial charge in [0, 0.05) is 10.8 Å². The molecular formula is C40H48. The fraction of sp³-hybridized carbons (Fsp3) is 0.400. The van der Waals surface area contributed by atoms with Crippen molar-refractivity contribution in [3.63, 3.8) is 0 Å². The molecule has 0 amide bonds. The van der Waals surface area contributed by atoms with Gasteiger partial charge in [0.2, 0.25) is 0 Å². The quantitative estimate of drug-likeness (QED) is 0.233. The smallest absolute Gasteiger partial charge is 0.0215 e. The molecule has 0 saturated heterocycles. The summed E-state index contributed by atoms with van der Waals surface area (Å²) in [6.45, 7) is 18.1. The van der Waals surface area contributed by atoms with Gasteiger partial charge in [-0.3, -0.25) is 0 Å². The molecule has 0 heterocycles. The summed E-state index contributed by atoms with van der Waals surface area (Å²) in [7, 11) is 0. The van der Waals surface area contributed by atoms with Crippen LogP contribution in [0.5, 0.6) is 0 Å². The van der Waals surface area contributed by atoms with E-state index in [0.717, 1.165) is 0 Å². The number of hydrogen-bond donors (Lipinski definition) is 0. The first-order valence-corrected chi connectivity index (χ1v) is 15.7. The molecule has 4 aromatic rings. The Kier molecular flexibility index (Phi) is 7.84.